The number of rotatable bonds is 8. The average Bonchev–Trinajstić information content (AvgIpc) is 2.34. The Morgan fingerprint density at radius 2 is 2.00 bits per heavy atom. The van der Waals surface area contributed by atoms with Crippen LogP contribution in [0, 0.1) is 16.7 Å². The molecular weight excluding hydrogens is 254 g/mol. The molecule has 4 nitrogen and oxygen atoms in total. The molecule has 1 saturated carbocycles. The predicted octanol–water partition coefficient (Wildman–Crippen LogP) is 2.35. The molecule has 1 aliphatic carbocycles. The van der Waals surface area contributed by atoms with Crippen LogP contribution in [0.4, 0.5) is 0 Å². The van der Waals surface area contributed by atoms with Gasteiger partial charge in [0.05, 0.1) is 11.5 Å². The monoisotopic (exact) mass is 285 g/mol. The second kappa shape index (κ2) is 6.90. The van der Waals surface area contributed by atoms with E-state index in [9.17, 15) is 9.90 Å². The molecule has 118 valence electrons. The first-order valence-corrected chi connectivity index (χ1v) is 7.70. The number of aliphatic hydroxyl groups is 1. The lowest BCUT2D eigenvalue weighted by molar-refractivity contribution is -0.138. The molecule has 0 bridgehead atoms. The van der Waals surface area contributed by atoms with E-state index < -0.39 is 6.10 Å². The normalized spacial score (nSPS) is 19.6. The molecule has 2 N–H and O–H groups in total. The highest BCUT2D eigenvalue weighted by Crippen LogP contribution is 2.44. The molecule has 1 aliphatic rings. The van der Waals surface area contributed by atoms with E-state index >= 15 is 0 Å². The summed E-state index contributed by atoms with van der Waals surface area (Å²) in [5, 5.41) is 13.3. The Hall–Kier alpha value is -0.610. The van der Waals surface area contributed by atoms with Crippen molar-refractivity contribution in [3.05, 3.63) is 0 Å². The van der Waals surface area contributed by atoms with Gasteiger partial charge in [-0.2, -0.15) is 0 Å². The molecule has 0 aromatic heterocycles. The van der Waals surface area contributed by atoms with Gasteiger partial charge in [-0.1, -0.05) is 34.1 Å². The van der Waals surface area contributed by atoms with E-state index in [0.29, 0.717) is 13.2 Å². The fraction of sp³-hybridized carbons (Fsp3) is 0.938. The van der Waals surface area contributed by atoms with Crippen LogP contribution in [-0.2, 0) is 9.53 Å². The Balaban J connectivity index is 2.53. The summed E-state index contributed by atoms with van der Waals surface area (Å²) in [6.07, 6.45) is 3.40. The number of amides is 1. The second-order valence-corrected chi connectivity index (χ2v) is 7.24. The zero-order valence-corrected chi connectivity index (χ0v) is 13.7. The molecule has 1 unspecified atom stereocenters. The van der Waals surface area contributed by atoms with Crippen molar-refractivity contribution >= 4 is 5.91 Å². The number of methoxy groups -OCH3 is 1. The molecule has 1 atom stereocenters. The average molecular weight is 285 g/mol. The van der Waals surface area contributed by atoms with Gasteiger partial charge in [-0.05, 0) is 25.2 Å². The molecule has 0 aromatic carbocycles. The van der Waals surface area contributed by atoms with Gasteiger partial charge in [0.1, 0.15) is 0 Å². The van der Waals surface area contributed by atoms with E-state index in [0.717, 1.165) is 25.7 Å². The van der Waals surface area contributed by atoms with E-state index in [1.54, 1.807) is 7.11 Å². The number of aliphatic hydroxyl groups excluding tert-OH is 1. The van der Waals surface area contributed by atoms with Crippen LogP contribution in [0.25, 0.3) is 0 Å². The maximum Gasteiger partial charge on any atom is 0.226 e. The zero-order chi connectivity index (χ0) is 15.4. The summed E-state index contributed by atoms with van der Waals surface area (Å²) in [4.78, 5) is 12.4. The van der Waals surface area contributed by atoms with Crippen LogP contribution in [0.1, 0.15) is 53.4 Å². The highest BCUT2D eigenvalue weighted by molar-refractivity contribution is 5.83. The first-order chi connectivity index (χ1) is 9.25. The molecule has 0 saturated heterocycles. The maximum absolute atomic E-state index is 12.4. The summed E-state index contributed by atoms with van der Waals surface area (Å²) < 4.78 is 5.12. The number of nitrogens with one attached hydrogen (secondary N) is 1. The van der Waals surface area contributed by atoms with Crippen LogP contribution >= 0.6 is 0 Å². The Bertz CT molecular complexity index is 322. The van der Waals surface area contributed by atoms with E-state index in [2.05, 4.69) is 5.32 Å². The Morgan fingerprint density at radius 3 is 2.40 bits per heavy atom. The Morgan fingerprint density at radius 1 is 1.40 bits per heavy atom. The van der Waals surface area contributed by atoms with Crippen LogP contribution in [0.2, 0.25) is 0 Å². The molecule has 1 amide bonds. The summed E-state index contributed by atoms with van der Waals surface area (Å²) in [6.45, 7) is 9.15. The van der Waals surface area contributed by atoms with E-state index in [1.165, 1.54) is 0 Å². The molecule has 0 radical (unpaired) electrons. The molecule has 4 heteroatoms. The minimum atomic E-state index is -0.417. The van der Waals surface area contributed by atoms with Gasteiger partial charge in [-0.15, -0.1) is 0 Å². The predicted molar refractivity (Wildman–Crippen MR) is 80.4 cm³/mol. The van der Waals surface area contributed by atoms with Gasteiger partial charge in [0.25, 0.3) is 0 Å². The number of carbonyl (C=O) groups is 1. The molecule has 0 aliphatic heterocycles. The highest BCUT2D eigenvalue weighted by atomic mass is 16.5. The number of carbonyl (C=O) groups excluding carboxylic acids is 1. The third-order valence-corrected chi connectivity index (χ3v) is 4.71. The van der Waals surface area contributed by atoms with Gasteiger partial charge in [-0.3, -0.25) is 4.79 Å². The van der Waals surface area contributed by atoms with Gasteiger partial charge in [0.2, 0.25) is 5.91 Å². The van der Waals surface area contributed by atoms with Crippen molar-refractivity contribution < 1.29 is 14.6 Å². The van der Waals surface area contributed by atoms with Crippen molar-refractivity contribution in [2.24, 2.45) is 16.7 Å². The number of hydrogen-bond acceptors (Lipinski definition) is 3. The third kappa shape index (κ3) is 3.95. The van der Waals surface area contributed by atoms with Crippen molar-refractivity contribution in [3.8, 4) is 0 Å². The highest BCUT2D eigenvalue weighted by Gasteiger charge is 2.44. The van der Waals surface area contributed by atoms with E-state index in [1.807, 2.05) is 27.7 Å². The fourth-order valence-electron chi connectivity index (χ4n) is 2.99. The van der Waals surface area contributed by atoms with Crippen LogP contribution in [-0.4, -0.2) is 37.4 Å². The number of ether oxygens (including phenoxy) is 1. The van der Waals surface area contributed by atoms with Gasteiger partial charge < -0.3 is 15.2 Å². The maximum atomic E-state index is 12.4. The quantitative estimate of drug-likeness (QED) is 0.720. The molecular formula is C16H31NO3. The minimum absolute atomic E-state index is 0.129. The fourth-order valence-corrected chi connectivity index (χ4v) is 2.99. The molecule has 1 rings (SSSR count). The van der Waals surface area contributed by atoms with Crippen molar-refractivity contribution in [1.82, 2.24) is 5.32 Å². The summed E-state index contributed by atoms with van der Waals surface area (Å²) in [5.41, 5.74) is -0.537. The standard InChI is InChI=1S/C16H31NO3/c1-12(2)13(18)15(3,4)11-17-14(19)16(7-6-8-16)9-10-20-5/h12-13,18H,6-11H2,1-5H3,(H,17,19). The van der Waals surface area contributed by atoms with Gasteiger partial charge in [0, 0.05) is 25.7 Å². The van der Waals surface area contributed by atoms with E-state index in [-0.39, 0.29) is 22.7 Å². The molecule has 0 aromatic rings. The van der Waals surface area contributed by atoms with Crippen LogP contribution in [0.15, 0.2) is 0 Å². The van der Waals surface area contributed by atoms with Crippen LogP contribution in [0.3, 0.4) is 0 Å². The number of hydrogen-bond donors (Lipinski definition) is 2. The minimum Gasteiger partial charge on any atom is -0.392 e. The van der Waals surface area contributed by atoms with Gasteiger partial charge in [0.15, 0.2) is 0 Å². The molecule has 20 heavy (non-hydrogen) atoms. The van der Waals surface area contributed by atoms with Crippen molar-refractivity contribution in [2.75, 3.05) is 20.3 Å². The largest absolute Gasteiger partial charge is 0.392 e. The van der Waals surface area contributed by atoms with Crippen molar-refractivity contribution in [1.29, 1.82) is 0 Å². The van der Waals surface area contributed by atoms with Crippen LogP contribution < -0.4 is 5.32 Å². The molecule has 0 spiro atoms. The lowest BCUT2D eigenvalue weighted by atomic mass is 9.66. The van der Waals surface area contributed by atoms with Crippen molar-refractivity contribution in [2.45, 2.75) is 59.5 Å². The van der Waals surface area contributed by atoms with E-state index in [4.69, 9.17) is 4.74 Å². The van der Waals surface area contributed by atoms with Crippen LogP contribution in [0.5, 0.6) is 0 Å². The second-order valence-electron chi connectivity index (χ2n) is 7.24. The summed E-state index contributed by atoms with van der Waals surface area (Å²) in [5.74, 6) is 0.317. The summed E-state index contributed by atoms with van der Waals surface area (Å²) >= 11 is 0. The summed E-state index contributed by atoms with van der Waals surface area (Å²) in [7, 11) is 1.67. The lowest BCUT2D eigenvalue weighted by Crippen LogP contribution is -2.50. The third-order valence-electron chi connectivity index (χ3n) is 4.71. The van der Waals surface area contributed by atoms with Crippen molar-refractivity contribution in [3.63, 3.8) is 0 Å². The van der Waals surface area contributed by atoms with Gasteiger partial charge >= 0.3 is 0 Å². The van der Waals surface area contributed by atoms with Gasteiger partial charge in [-0.25, -0.2) is 0 Å². The molecule has 0 heterocycles. The first kappa shape index (κ1) is 17.4. The summed E-state index contributed by atoms with van der Waals surface area (Å²) in [6, 6.07) is 0. The Kier molecular flexibility index (Phi) is 6.02. The molecule has 1 fully saturated rings. The SMILES string of the molecule is COCCC1(C(=O)NCC(C)(C)C(O)C(C)C)CCC1. The smallest absolute Gasteiger partial charge is 0.226 e. The first-order valence-electron chi connectivity index (χ1n) is 7.70. The Labute approximate surface area is 123 Å². The zero-order valence-electron chi connectivity index (χ0n) is 13.7. The topological polar surface area (TPSA) is 58.6 Å². The lowest BCUT2D eigenvalue weighted by Gasteiger charge is -2.41.